The molecule has 1 N–H and O–H groups in total. The van der Waals surface area contributed by atoms with Crippen molar-refractivity contribution in [3.05, 3.63) is 131 Å². The van der Waals surface area contributed by atoms with Crippen molar-refractivity contribution in [3.8, 4) is 17.2 Å². The number of para-hydroxylation sites is 1. The topological polar surface area (TPSA) is 80.3 Å². The maximum atomic E-state index is 14.2. The summed E-state index contributed by atoms with van der Waals surface area (Å²) in [6.45, 7) is 2.77. The molecule has 0 saturated heterocycles. The molecule has 0 aromatic heterocycles. The minimum Gasteiger partial charge on any atom is -0.497 e. The number of benzene rings is 4. The van der Waals surface area contributed by atoms with Crippen molar-refractivity contribution in [2.75, 3.05) is 45.3 Å². The molecule has 0 spiro atoms. The van der Waals surface area contributed by atoms with Crippen LogP contribution < -0.4 is 19.5 Å². The molecule has 0 bridgehead atoms. The molecule has 5 rings (SSSR count). The van der Waals surface area contributed by atoms with E-state index in [0.29, 0.717) is 73.6 Å². The van der Waals surface area contributed by atoms with E-state index in [1.54, 1.807) is 42.3 Å². The lowest BCUT2D eigenvalue weighted by atomic mass is 10.1. The molecule has 4 aromatic rings. The van der Waals surface area contributed by atoms with E-state index in [4.69, 9.17) is 25.8 Å². The Labute approximate surface area is 275 Å². The number of methoxy groups -OCH3 is 1. The maximum Gasteiger partial charge on any atom is 0.258 e. The van der Waals surface area contributed by atoms with Crippen LogP contribution in [0.1, 0.15) is 27.9 Å². The number of nitrogens with zero attached hydrogens (tertiary/aromatic N) is 2. The largest absolute Gasteiger partial charge is 0.497 e. The molecule has 0 radical (unpaired) electrons. The molecule has 1 heterocycles. The minimum absolute atomic E-state index is 0.125. The molecular weight excluding hydrogens is 602 g/mol. The third kappa shape index (κ3) is 9.36. The van der Waals surface area contributed by atoms with Gasteiger partial charge < -0.3 is 24.4 Å². The second kappa shape index (κ2) is 16.5. The second-order valence-corrected chi connectivity index (χ2v) is 11.3. The molecular formula is C37H38ClN3O5. The highest BCUT2D eigenvalue weighted by molar-refractivity contribution is 6.31. The van der Waals surface area contributed by atoms with Crippen LogP contribution in [0.2, 0.25) is 5.02 Å². The zero-order valence-corrected chi connectivity index (χ0v) is 26.6. The molecule has 0 saturated carbocycles. The zero-order chi connectivity index (χ0) is 32.1. The lowest BCUT2D eigenvalue weighted by Gasteiger charge is -2.25. The molecule has 46 heavy (non-hydrogen) atoms. The number of ether oxygens (including phenoxy) is 3. The Morgan fingerprint density at radius 1 is 0.913 bits per heavy atom. The monoisotopic (exact) mass is 639 g/mol. The minimum atomic E-state index is -0.197. The van der Waals surface area contributed by atoms with Crippen molar-refractivity contribution in [3.63, 3.8) is 0 Å². The number of hydrogen-bond donors (Lipinski definition) is 1. The summed E-state index contributed by atoms with van der Waals surface area (Å²) in [4.78, 5) is 31.0. The van der Waals surface area contributed by atoms with Crippen LogP contribution in [0, 0.1) is 0 Å². The lowest BCUT2D eigenvalue weighted by molar-refractivity contribution is -0.117. The molecule has 8 nitrogen and oxygen atoms in total. The normalized spacial score (nSPS) is 15.3. The fourth-order valence-corrected chi connectivity index (χ4v) is 5.33. The fourth-order valence-electron chi connectivity index (χ4n) is 5.16. The first-order chi connectivity index (χ1) is 22.5. The first-order valence-corrected chi connectivity index (χ1v) is 15.6. The van der Waals surface area contributed by atoms with Gasteiger partial charge in [0.1, 0.15) is 23.9 Å². The summed E-state index contributed by atoms with van der Waals surface area (Å²) in [6.07, 6.45) is 4.59. The van der Waals surface area contributed by atoms with E-state index in [2.05, 4.69) is 5.32 Å². The predicted molar refractivity (Wildman–Crippen MR) is 181 cm³/mol. The number of carbonyl (C=O) groups excluding carboxylic acids is 2. The summed E-state index contributed by atoms with van der Waals surface area (Å²) in [6, 6.07) is 30.0. The molecule has 4 aromatic carbocycles. The van der Waals surface area contributed by atoms with E-state index >= 15 is 0 Å². The van der Waals surface area contributed by atoms with Crippen LogP contribution >= 0.6 is 11.6 Å². The van der Waals surface area contributed by atoms with Crippen LogP contribution in [0.15, 0.2) is 109 Å². The van der Waals surface area contributed by atoms with Crippen LogP contribution in [0.25, 0.3) is 0 Å². The van der Waals surface area contributed by atoms with Crippen LogP contribution in [-0.2, 0) is 17.9 Å². The molecule has 238 valence electrons. The summed E-state index contributed by atoms with van der Waals surface area (Å²) in [7, 11) is 1.60. The van der Waals surface area contributed by atoms with E-state index in [9.17, 15) is 9.59 Å². The fraction of sp³-hybridized carbons (Fsp3) is 0.243. The molecule has 0 atom stereocenters. The number of rotatable bonds is 6. The Bertz CT molecular complexity index is 1630. The molecule has 9 heteroatoms. The van der Waals surface area contributed by atoms with Gasteiger partial charge in [0.25, 0.3) is 5.91 Å². The smallest absolute Gasteiger partial charge is 0.258 e. The summed E-state index contributed by atoms with van der Waals surface area (Å²) in [5, 5.41) is 3.40. The number of amides is 2. The number of carbonyl (C=O) groups is 2. The summed E-state index contributed by atoms with van der Waals surface area (Å²) < 4.78 is 17.6. The summed E-state index contributed by atoms with van der Waals surface area (Å²) in [5.41, 5.74) is 2.97. The maximum absolute atomic E-state index is 14.2. The Morgan fingerprint density at radius 3 is 2.50 bits per heavy atom. The Balaban J connectivity index is 1.37. The van der Waals surface area contributed by atoms with Gasteiger partial charge in [-0.05, 0) is 60.5 Å². The molecule has 0 unspecified atom stereocenters. The van der Waals surface area contributed by atoms with Gasteiger partial charge in [0.2, 0.25) is 5.91 Å². The van der Waals surface area contributed by atoms with Gasteiger partial charge >= 0.3 is 0 Å². The van der Waals surface area contributed by atoms with Gasteiger partial charge in [-0.1, -0.05) is 72.3 Å². The molecule has 1 aliphatic rings. The highest BCUT2D eigenvalue weighted by atomic mass is 35.5. The second-order valence-electron chi connectivity index (χ2n) is 10.9. The first-order valence-electron chi connectivity index (χ1n) is 15.3. The number of anilines is 1. The van der Waals surface area contributed by atoms with Crippen LogP contribution in [0.5, 0.6) is 17.2 Å². The van der Waals surface area contributed by atoms with E-state index in [-0.39, 0.29) is 18.4 Å². The number of halogens is 1. The van der Waals surface area contributed by atoms with Crippen LogP contribution in [0.3, 0.4) is 0 Å². The van der Waals surface area contributed by atoms with Gasteiger partial charge in [-0.3, -0.25) is 14.5 Å². The van der Waals surface area contributed by atoms with Crippen molar-refractivity contribution >= 4 is 29.1 Å². The number of fused-ring (bicyclic) bond motifs is 2. The van der Waals surface area contributed by atoms with Gasteiger partial charge in [0.15, 0.2) is 0 Å². The molecule has 0 fully saturated rings. The molecule has 0 aliphatic carbocycles. The van der Waals surface area contributed by atoms with Crippen LogP contribution in [0.4, 0.5) is 5.69 Å². The van der Waals surface area contributed by atoms with Gasteiger partial charge in [-0.15, -0.1) is 0 Å². The van der Waals surface area contributed by atoms with Gasteiger partial charge in [0, 0.05) is 42.5 Å². The SMILES string of the molecule is COc1ccc(NC(=O)CN2C/C=C/COc3ccccc3CN(Cc3ccccc3)C(=O)c3cc(Cl)ccc3OCCC2)cc1. The highest BCUT2D eigenvalue weighted by Gasteiger charge is 2.23. The number of nitrogens with one attached hydrogen (secondary N) is 1. The van der Waals surface area contributed by atoms with Crippen molar-refractivity contribution in [2.45, 2.75) is 19.5 Å². The van der Waals surface area contributed by atoms with Crippen molar-refractivity contribution in [2.24, 2.45) is 0 Å². The molecule has 1 aliphatic heterocycles. The highest BCUT2D eigenvalue weighted by Crippen LogP contribution is 2.28. The van der Waals surface area contributed by atoms with E-state index < -0.39 is 0 Å². The third-order valence-electron chi connectivity index (χ3n) is 7.49. The average Bonchev–Trinajstić information content (AvgIpc) is 3.07. The van der Waals surface area contributed by atoms with E-state index in [0.717, 1.165) is 16.9 Å². The standard InChI is InChI=1S/C37H38ClN3O5/c1-44-32-17-15-31(16-18-32)39-36(42)27-40-20-7-8-22-45-34-13-6-5-12-29(34)26-41(25-28-10-3-2-4-11-28)37(43)33-24-30(38)14-19-35(33)46-23-9-21-40/h2-8,10-19,24H,9,20-23,25-27H2,1H3,(H,39,42)/b8-7+. The van der Waals surface area contributed by atoms with E-state index in [1.807, 2.05) is 83.8 Å². The molecule has 2 amide bonds. The van der Waals surface area contributed by atoms with Gasteiger partial charge in [-0.25, -0.2) is 0 Å². The third-order valence-corrected chi connectivity index (χ3v) is 7.73. The Kier molecular flexibility index (Phi) is 11.7. The quantitative estimate of drug-likeness (QED) is 0.233. The van der Waals surface area contributed by atoms with Crippen molar-refractivity contribution in [1.29, 1.82) is 0 Å². The van der Waals surface area contributed by atoms with E-state index in [1.165, 1.54) is 0 Å². The lowest BCUT2D eigenvalue weighted by Crippen LogP contribution is -2.34. The Hall–Kier alpha value is -4.79. The Morgan fingerprint density at radius 2 is 1.70 bits per heavy atom. The zero-order valence-electron chi connectivity index (χ0n) is 25.9. The van der Waals surface area contributed by atoms with Gasteiger partial charge in [-0.2, -0.15) is 0 Å². The summed E-state index contributed by atoms with van der Waals surface area (Å²) >= 11 is 6.40. The number of hydrogen-bond acceptors (Lipinski definition) is 6. The van der Waals surface area contributed by atoms with Crippen molar-refractivity contribution < 1.29 is 23.8 Å². The van der Waals surface area contributed by atoms with Crippen molar-refractivity contribution in [1.82, 2.24) is 9.80 Å². The average molecular weight is 640 g/mol. The predicted octanol–water partition coefficient (Wildman–Crippen LogP) is 6.85. The first kappa shape index (κ1) is 32.6. The summed E-state index contributed by atoms with van der Waals surface area (Å²) in [5.74, 6) is 1.56. The van der Waals surface area contributed by atoms with Crippen LogP contribution in [-0.4, -0.2) is 61.6 Å². The van der Waals surface area contributed by atoms with Gasteiger partial charge in [0.05, 0.1) is 25.8 Å².